The van der Waals surface area contributed by atoms with Crippen LogP contribution in [0.3, 0.4) is 0 Å². The summed E-state index contributed by atoms with van der Waals surface area (Å²) in [4.78, 5) is 11.7. The fourth-order valence-electron chi connectivity index (χ4n) is 1.39. The van der Waals surface area contributed by atoms with Crippen LogP contribution in [0.5, 0.6) is 0 Å². The van der Waals surface area contributed by atoms with Crippen LogP contribution >= 0.6 is 23.2 Å². The van der Waals surface area contributed by atoms with E-state index in [2.05, 4.69) is 0 Å². The maximum atomic E-state index is 11.7. The number of esters is 1. The van der Waals surface area contributed by atoms with Crippen molar-refractivity contribution in [2.24, 2.45) is 0 Å². The minimum atomic E-state index is -2.24. The molecule has 0 heterocycles. The number of carbonyl (C=O) groups is 1. The van der Waals surface area contributed by atoms with E-state index in [-0.39, 0.29) is 22.2 Å². The molecule has 17 heavy (non-hydrogen) atoms. The topological polar surface area (TPSA) is 66.8 Å². The number of halogens is 2. The van der Waals surface area contributed by atoms with Gasteiger partial charge in [-0.15, -0.1) is 0 Å². The van der Waals surface area contributed by atoms with Gasteiger partial charge in [-0.05, 0) is 19.1 Å². The molecule has 2 N–H and O–H groups in total. The molecule has 4 nitrogen and oxygen atoms in total. The van der Waals surface area contributed by atoms with E-state index >= 15 is 0 Å². The Balaban J connectivity index is 3.30. The van der Waals surface area contributed by atoms with Crippen molar-refractivity contribution in [1.29, 1.82) is 0 Å². The number of benzene rings is 1. The third-order valence-electron chi connectivity index (χ3n) is 2.22. The van der Waals surface area contributed by atoms with Crippen LogP contribution in [0.25, 0.3) is 0 Å². The van der Waals surface area contributed by atoms with Gasteiger partial charge in [-0.3, -0.25) is 0 Å². The second-order valence-corrected chi connectivity index (χ2v) is 4.15. The second-order valence-electron chi connectivity index (χ2n) is 3.34. The Morgan fingerprint density at radius 2 is 1.94 bits per heavy atom. The zero-order chi connectivity index (χ0) is 13.1. The van der Waals surface area contributed by atoms with E-state index in [9.17, 15) is 15.0 Å². The molecule has 0 radical (unpaired) electrons. The molecule has 1 rings (SSSR count). The Kier molecular flexibility index (Phi) is 4.77. The highest BCUT2D eigenvalue weighted by Crippen LogP contribution is 2.35. The first-order valence-electron chi connectivity index (χ1n) is 4.92. The van der Waals surface area contributed by atoms with Crippen molar-refractivity contribution in [1.82, 2.24) is 0 Å². The summed E-state index contributed by atoms with van der Waals surface area (Å²) in [6.07, 6.45) is 0. The van der Waals surface area contributed by atoms with Crippen molar-refractivity contribution in [3.8, 4) is 0 Å². The predicted molar refractivity (Wildman–Crippen MR) is 64.1 cm³/mol. The quantitative estimate of drug-likeness (QED) is 0.824. The molecule has 94 valence electrons. The molecule has 0 aromatic heterocycles. The summed E-state index contributed by atoms with van der Waals surface area (Å²) >= 11 is 11.7. The molecule has 0 bridgehead atoms. The van der Waals surface area contributed by atoms with Crippen LogP contribution in [0.4, 0.5) is 0 Å². The van der Waals surface area contributed by atoms with Gasteiger partial charge in [0.1, 0.15) is 0 Å². The molecule has 1 atom stereocenters. The lowest BCUT2D eigenvalue weighted by Gasteiger charge is -2.25. The number of hydrogen-bond acceptors (Lipinski definition) is 4. The highest BCUT2D eigenvalue weighted by molar-refractivity contribution is 6.36. The standard InChI is InChI=1S/C11H12Cl2O4/c1-2-17-10(15)11(16,6-14)9-7(12)4-3-5-8(9)13/h3-5,14,16H,2,6H2,1H3. The molecule has 0 aliphatic carbocycles. The van der Waals surface area contributed by atoms with Gasteiger partial charge in [-0.2, -0.15) is 0 Å². The molecule has 0 saturated carbocycles. The van der Waals surface area contributed by atoms with E-state index in [1.165, 1.54) is 12.1 Å². The van der Waals surface area contributed by atoms with Gasteiger partial charge in [-0.25, -0.2) is 4.79 Å². The summed E-state index contributed by atoms with van der Waals surface area (Å²) in [5.41, 5.74) is -2.30. The molecule has 0 spiro atoms. The van der Waals surface area contributed by atoms with Crippen molar-refractivity contribution in [3.63, 3.8) is 0 Å². The molecule has 1 aromatic carbocycles. The summed E-state index contributed by atoms with van der Waals surface area (Å²) in [7, 11) is 0. The van der Waals surface area contributed by atoms with E-state index in [0.717, 1.165) is 0 Å². The van der Waals surface area contributed by atoms with Crippen LogP contribution in [0.2, 0.25) is 10.0 Å². The van der Waals surface area contributed by atoms with Crippen LogP contribution < -0.4 is 0 Å². The maximum absolute atomic E-state index is 11.7. The van der Waals surface area contributed by atoms with Crippen LogP contribution in [0, 0.1) is 0 Å². The van der Waals surface area contributed by atoms with E-state index in [0.29, 0.717) is 0 Å². The Morgan fingerprint density at radius 1 is 1.41 bits per heavy atom. The molecule has 0 aliphatic heterocycles. The average Bonchev–Trinajstić information content (AvgIpc) is 2.28. The number of rotatable bonds is 4. The normalized spacial score (nSPS) is 14.2. The Labute approximate surface area is 109 Å². The van der Waals surface area contributed by atoms with Crippen molar-refractivity contribution in [3.05, 3.63) is 33.8 Å². The summed E-state index contributed by atoms with van der Waals surface area (Å²) in [5.74, 6) is -0.988. The summed E-state index contributed by atoms with van der Waals surface area (Å²) in [6, 6.07) is 4.49. The second kappa shape index (κ2) is 5.69. The molecule has 0 amide bonds. The monoisotopic (exact) mass is 278 g/mol. The van der Waals surface area contributed by atoms with Gasteiger partial charge in [0.05, 0.1) is 13.2 Å². The van der Waals surface area contributed by atoms with Crippen molar-refractivity contribution in [2.45, 2.75) is 12.5 Å². The van der Waals surface area contributed by atoms with Gasteiger partial charge in [0.2, 0.25) is 5.60 Å². The number of aliphatic hydroxyl groups excluding tert-OH is 1. The lowest BCUT2D eigenvalue weighted by atomic mass is 9.94. The molecule has 1 aromatic rings. The number of hydrogen-bond donors (Lipinski definition) is 2. The van der Waals surface area contributed by atoms with Crippen molar-refractivity contribution in [2.75, 3.05) is 13.2 Å². The van der Waals surface area contributed by atoms with Gasteiger partial charge in [-0.1, -0.05) is 29.3 Å². The lowest BCUT2D eigenvalue weighted by molar-refractivity contribution is -0.170. The zero-order valence-electron chi connectivity index (χ0n) is 9.11. The van der Waals surface area contributed by atoms with Gasteiger partial charge < -0.3 is 14.9 Å². The van der Waals surface area contributed by atoms with Crippen LogP contribution in [-0.4, -0.2) is 29.4 Å². The van der Waals surface area contributed by atoms with Gasteiger partial charge in [0.25, 0.3) is 0 Å². The number of aliphatic hydroxyl groups is 2. The minimum absolute atomic E-state index is 0.0516. The van der Waals surface area contributed by atoms with E-state index in [1.807, 2.05) is 0 Å². The van der Waals surface area contributed by atoms with Gasteiger partial charge >= 0.3 is 5.97 Å². The molecule has 0 fully saturated rings. The Morgan fingerprint density at radius 3 is 2.35 bits per heavy atom. The Hall–Kier alpha value is -0.810. The fourth-order valence-corrected chi connectivity index (χ4v) is 2.10. The fraction of sp³-hybridized carbons (Fsp3) is 0.364. The highest BCUT2D eigenvalue weighted by Gasteiger charge is 2.42. The zero-order valence-corrected chi connectivity index (χ0v) is 10.6. The van der Waals surface area contributed by atoms with Gasteiger partial charge in [0, 0.05) is 15.6 Å². The number of carbonyl (C=O) groups excluding carboxylic acids is 1. The SMILES string of the molecule is CCOC(=O)C(O)(CO)c1c(Cl)cccc1Cl. The highest BCUT2D eigenvalue weighted by atomic mass is 35.5. The average molecular weight is 279 g/mol. The maximum Gasteiger partial charge on any atom is 0.345 e. The van der Waals surface area contributed by atoms with Crippen LogP contribution in [0.1, 0.15) is 12.5 Å². The van der Waals surface area contributed by atoms with E-state index < -0.39 is 18.2 Å². The molecule has 1 unspecified atom stereocenters. The molecular weight excluding hydrogens is 267 g/mol. The summed E-state index contributed by atoms with van der Waals surface area (Å²) < 4.78 is 4.70. The number of ether oxygens (including phenoxy) is 1. The van der Waals surface area contributed by atoms with E-state index in [1.54, 1.807) is 13.0 Å². The van der Waals surface area contributed by atoms with Crippen molar-refractivity contribution < 1.29 is 19.7 Å². The Bertz CT molecular complexity index is 402. The summed E-state index contributed by atoms with van der Waals surface area (Å²) in [6.45, 7) is 0.794. The molecule has 0 aliphatic rings. The first-order valence-corrected chi connectivity index (χ1v) is 5.68. The van der Waals surface area contributed by atoms with Gasteiger partial charge in [0.15, 0.2) is 0 Å². The lowest BCUT2D eigenvalue weighted by Crippen LogP contribution is -2.41. The predicted octanol–water partition coefficient (Wildman–Crippen LogP) is 1.74. The van der Waals surface area contributed by atoms with Crippen LogP contribution in [0.15, 0.2) is 18.2 Å². The largest absolute Gasteiger partial charge is 0.464 e. The first-order chi connectivity index (χ1) is 7.97. The molecule has 0 saturated heterocycles. The van der Waals surface area contributed by atoms with Crippen LogP contribution in [-0.2, 0) is 15.1 Å². The summed E-state index contributed by atoms with van der Waals surface area (Å²) in [5, 5.41) is 19.5. The van der Waals surface area contributed by atoms with E-state index in [4.69, 9.17) is 27.9 Å². The molecule has 6 heteroatoms. The van der Waals surface area contributed by atoms with Crippen molar-refractivity contribution >= 4 is 29.2 Å². The minimum Gasteiger partial charge on any atom is -0.464 e. The third kappa shape index (κ3) is 2.72. The smallest absolute Gasteiger partial charge is 0.345 e. The first kappa shape index (κ1) is 14.3. The molecular formula is C11H12Cl2O4. The third-order valence-corrected chi connectivity index (χ3v) is 2.85.